The maximum absolute atomic E-state index is 8.62. The first-order valence-corrected chi connectivity index (χ1v) is 4.73. The fraction of sp³-hybridized carbons (Fsp3) is 0.727. The van der Waals surface area contributed by atoms with Crippen LogP contribution in [0.3, 0.4) is 0 Å². The Labute approximate surface area is 76.1 Å². The summed E-state index contributed by atoms with van der Waals surface area (Å²) in [7, 11) is 0. The molecule has 0 bridgehead atoms. The van der Waals surface area contributed by atoms with Crippen LogP contribution in [-0.2, 0) is 0 Å². The summed E-state index contributed by atoms with van der Waals surface area (Å²) in [5.41, 5.74) is 1.37. The summed E-state index contributed by atoms with van der Waals surface area (Å²) in [4.78, 5) is 0. The minimum atomic E-state index is 0.0607. The molecule has 0 aliphatic rings. The van der Waals surface area contributed by atoms with E-state index in [9.17, 15) is 0 Å². The van der Waals surface area contributed by atoms with E-state index in [4.69, 9.17) is 5.26 Å². The summed E-state index contributed by atoms with van der Waals surface area (Å²) in [6.07, 6.45) is 4.44. The third kappa shape index (κ3) is 3.57. The number of hydrogen-bond acceptors (Lipinski definition) is 1. The lowest BCUT2D eigenvalue weighted by Gasteiger charge is -2.13. The molecular formula is C11H19N. The van der Waals surface area contributed by atoms with Gasteiger partial charge in [-0.3, -0.25) is 0 Å². The van der Waals surface area contributed by atoms with Gasteiger partial charge < -0.3 is 0 Å². The molecule has 0 aliphatic heterocycles. The Balaban J connectivity index is 4.25. The molecule has 0 aromatic heterocycles. The van der Waals surface area contributed by atoms with Crippen LogP contribution in [0.5, 0.6) is 0 Å². The van der Waals surface area contributed by atoms with Gasteiger partial charge in [-0.05, 0) is 32.6 Å². The zero-order valence-corrected chi connectivity index (χ0v) is 8.59. The van der Waals surface area contributed by atoms with Gasteiger partial charge in [-0.1, -0.05) is 25.5 Å². The van der Waals surface area contributed by atoms with Crippen LogP contribution in [0.4, 0.5) is 0 Å². The van der Waals surface area contributed by atoms with Crippen molar-refractivity contribution < 1.29 is 0 Å². The number of nitrogens with zero attached hydrogens (tertiary/aromatic N) is 1. The van der Waals surface area contributed by atoms with Crippen LogP contribution in [0, 0.1) is 23.2 Å². The fourth-order valence-corrected chi connectivity index (χ4v) is 1.50. The predicted molar refractivity (Wildman–Crippen MR) is 52.6 cm³/mol. The van der Waals surface area contributed by atoms with Gasteiger partial charge in [-0.25, -0.2) is 0 Å². The molecule has 1 unspecified atom stereocenters. The molecule has 0 saturated carbocycles. The van der Waals surface area contributed by atoms with Crippen LogP contribution in [-0.4, -0.2) is 0 Å². The Morgan fingerprint density at radius 2 is 1.92 bits per heavy atom. The van der Waals surface area contributed by atoms with Crippen molar-refractivity contribution in [1.29, 1.82) is 5.26 Å². The van der Waals surface area contributed by atoms with Crippen molar-refractivity contribution in [3.8, 4) is 6.07 Å². The van der Waals surface area contributed by atoms with E-state index >= 15 is 0 Å². The SMILES string of the molecule is CCC(CC)/C(C)=C/C(C)C#N. The molecule has 1 atom stereocenters. The van der Waals surface area contributed by atoms with Crippen molar-refractivity contribution >= 4 is 0 Å². The third-order valence-corrected chi connectivity index (χ3v) is 2.35. The summed E-state index contributed by atoms with van der Waals surface area (Å²) in [5.74, 6) is 0.728. The second kappa shape index (κ2) is 5.83. The highest BCUT2D eigenvalue weighted by Crippen LogP contribution is 2.19. The zero-order valence-electron chi connectivity index (χ0n) is 8.59. The molecule has 0 heterocycles. The Hall–Kier alpha value is -0.770. The van der Waals surface area contributed by atoms with Crippen LogP contribution in [0.25, 0.3) is 0 Å². The molecule has 0 aromatic rings. The van der Waals surface area contributed by atoms with Crippen molar-refractivity contribution in [1.82, 2.24) is 0 Å². The van der Waals surface area contributed by atoms with Gasteiger partial charge in [0, 0.05) is 0 Å². The lowest BCUT2D eigenvalue weighted by atomic mass is 9.93. The first kappa shape index (κ1) is 11.2. The van der Waals surface area contributed by atoms with Gasteiger partial charge in [0.2, 0.25) is 0 Å². The molecule has 1 nitrogen and oxygen atoms in total. The van der Waals surface area contributed by atoms with Crippen molar-refractivity contribution in [3.05, 3.63) is 11.6 Å². The zero-order chi connectivity index (χ0) is 9.56. The Kier molecular flexibility index (Phi) is 5.45. The van der Waals surface area contributed by atoms with Crippen LogP contribution in [0.1, 0.15) is 40.5 Å². The molecule has 0 rings (SSSR count). The molecule has 0 fully saturated rings. The summed E-state index contributed by atoms with van der Waals surface area (Å²) < 4.78 is 0. The van der Waals surface area contributed by atoms with E-state index in [1.165, 1.54) is 18.4 Å². The smallest absolute Gasteiger partial charge is 0.0694 e. The molecule has 0 amide bonds. The highest BCUT2D eigenvalue weighted by molar-refractivity contribution is 5.09. The maximum atomic E-state index is 8.62. The normalized spacial score (nSPS) is 14.5. The monoisotopic (exact) mass is 165 g/mol. The van der Waals surface area contributed by atoms with E-state index in [1.54, 1.807) is 0 Å². The summed E-state index contributed by atoms with van der Waals surface area (Å²) in [6, 6.07) is 2.22. The third-order valence-electron chi connectivity index (χ3n) is 2.35. The molecule has 1 heteroatoms. The van der Waals surface area contributed by atoms with Crippen molar-refractivity contribution in [2.75, 3.05) is 0 Å². The second-order valence-corrected chi connectivity index (χ2v) is 3.34. The summed E-state index contributed by atoms with van der Waals surface area (Å²) in [6.45, 7) is 8.46. The van der Waals surface area contributed by atoms with Gasteiger partial charge in [0.05, 0.1) is 12.0 Å². The van der Waals surface area contributed by atoms with Gasteiger partial charge in [0.15, 0.2) is 0 Å². The molecular weight excluding hydrogens is 146 g/mol. The van der Waals surface area contributed by atoms with E-state index in [1.807, 2.05) is 6.92 Å². The van der Waals surface area contributed by atoms with Crippen molar-refractivity contribution in [2.24, 2.45) is 11.8 Å². The molecule has 0 N–H and O–H groups in total. The molecule has 0 saturated heterocycles. The van der Waals surface area contributed by atoms with E-state index in [-0.39, 0.29) is 5.92 Å². The molecule has 68 valence electrons. The molecule has 0 aromatic carbocycles. The van der Waals surface area contributed by atoms with Crippen LogP contribution < -0.4 is 0 Å². The summed E-state index contributed by atoms with van der Waals surface area (Å²) >= 11 is 0. The van der Waals surface area contributed by atoms with Gasteiger partial charge >= 0.3 is 0 Å². The number of rotatable bonds is 4. The Morgan fingerprint density at radius 1 is 1.42 bits per heavy atom. The molecule has 0 spiro atoms. The van der Waals surface area contributed by atoms with Crippen molar-refractivity contribution in [2.45, 2.75) is 40.5 Å². The fourth-order valence-electron chi connectivity index (χ4n) is 1.50. The van der Waals surface area contributed by atoms with Gasteiger partial charge in [-0.2, -0.15) is 5.26 Å². The number of hydrogen-bond donors (Lipinski definition) is 0. The minimum absolute atomic E-state index is 0.0607. The highest BCUT2D eigenvalue weighted by atomic mass is 14.2. The molecule has 0 aliphatic carbocycles. The Morgan fingerprint density at radius 3 is 2.25 bits per heavy atom. The van der Waals surface area contributed by atoms with E-state index < -0.39 is 0 Å². The quantitative estimate of drug-likeness (QED) is 0.585. The minimum Gasteiger partial charge on any atom is -0.198 e. The van der Waals surface area contributed by atoms with E-state index in [2.05, 4.69) is 32.9 Å². The predicted octanol–water partition coefficient (Wildman–Crippen LogP) is 3.53. The van der Waals surface area contributed by atoms with Crippen molar-refractivity contribution in [3.63, 3.8) is 0 Å². The van der Waals surface area contributed by atoms with Crippen LogP contribution in [0.15, 0.2) is 11.6 Å². The average molecular weight is 165 g/mol. The topological polar surface area (TPSA) is 23.8 Å². The van der Waals surface area contributed by atoms with Crippen LogP contribution in [0.2, 0.25) is 0 Å². The standard InChI is InChI=1S/C11H19N/c1-5-11(6-2)10(4)7-9(3)8-12/h7,9,11H,5-6H2,1-4H3/b10-7+. The van der Waals surface area contributed by atoms with E-state index in [0.717, 1.165) is 0 Å². The number of nitriles is 1. The Bertz CT molecular complexity index is 182. The van der Waals surface area contributed by atoms with Gasteiger partial charge in [-0.15, -0.1) is 0 Å². The average Bonchev–Trinajstić information content (AvgIpc) is 2.06. The summed E-state index contributed by atoms with van der Waals surface area (Å²) in [5, 5.41) is 8.62. The van der Waals surface area contributed by atoms with Crippen LogP contribution >= 0.6 is 0 Å². The van der Waals surface area contributed by atoms with Gasteiger partial charge in [0.25, 0.3) is 0 Å². The molecule has 0 radical (unpaired) electrons. The lowest BCUT2D eigenvalue weighted by molar-refractivity contribution is 0.567. The second-order valence-electron chi connectivity index (χ2n) is 3.34. The van der Waals surface area contributed by atoms with Gasteiger partial charge in [0.1, 0.15) is 0 Å². The first-order valence-electron chi connectivity index (χ1n) is 4.73. The largest absolute Gasteiger partial charge is 0.198 e. The first-order chi connectivity index (χ1) is 5.65. The number of allylic oxidation sites excluding steroid dienone is 2. The van der Waals surface area contributed by atoms with E-state index in [0.29, 0.717) is 5.92 Å². The lowest BCUT2D eigenvalue weighted by Crippen LogP contribution is -2.00. The molecule has 12 heavy (non-hydrogen) atoms. The maximum Gasteiger partial charge on any atom is 0.0694 e. The highest BCUT2D eigenvalue weighted by Gasteiger charge is 2.06.